The number of nitrogens with zero attached hydrogens (tertiary/aromatic N) is 1. The molecule has 0 bridgehead atoms. The van der Waals surface area contributed by atoms with Crippen molar-refractivity contribution in [3.8, 4) is 5.75 Å². The zero-order valence-corrected chi connectivity index (χ0v) is 18.7. The van der Waals surface area contributed by atoms with E-state index >= 15 is 0 Å². The summed E-state index contributed by atoms with van der Waals surface area (Å²) in [5.74, 6) is 0.398. The Bertz CT molecular complexity index is 1070. The fourth-order valence-corrected chi connectivity index (χ4v) is 4.99. The number of rotatable bonds is 3. The molecule has 4 rings (SSSR count). The average Bonchev–Trinajstić information content (AvgIpc) is 2.67. The first-order valence-corrected chi connectivity index (χ1v) is 10.6. The summed E-state index contributed by atoms with van der Waals surface area (Å²) >= 11 is 12.5. The largest absolute Gasteiger partial charge is 0.497 e. The first kappa shape index (κ1) is 21.0. The molecule has 1 amide bonds. The standard InChI is InChI=1S/C24H23Cl2NO3/c1-24(2)12-20-23(21(28)13-24)17(14-5-4-6-16(9-14)30-3)11-22(29)27(20)19-8-7-15(25)10-18(19)26/h4-10,17H,11-13H2,1-3H3. The summed E-state index contributed by atoms with van der Waals surface area (Å²) in [5.41, 5.74) is 2.67. The number of carbonyl (C=O) groups excluding carboxylic acids is 2. The van der Waals surface area contributed by atoms with Crippen LogP contribution in [-0.2, 0) is 9.59 Å². The fraction of sp³-hybridized carbons (Fsp3) is 0.333. The first-order chi connectivity index (χ1) is 14.2. The second-order valence-corrected chi connectivity index (χ2v) is 9.50. The van der Waals surface area contributed by atoms with Gasteiger partial charge in [0.05, 0.1) is 17.8 Å². The minimum Gasteiger partial charge on any atom is -0.497 e. The molecule has 0 saturated carbocycles. The van der Waals surface area contributed by atoms with Crippen LogP contribution >= 0.6 is 23.2 Å². The number of anilines is 1. The average molecular weight is 444 g/mol. The van der Waals surface area contributed by atoms with Gasteiger partial charge in [-0.2, -0.15) is 0 Å². The Hall–Kier alpha value is -2.30. The van der Waals surface area contributed by atoms with Crippen LogP contribution in [0.1, 0.15) is 44.6 Å². The molecule has 0 saturated heterocycles. The Morgan fingerprint density at radius 3 is 2.53 bits per heavy atom. The van der Waals surface area contributed by atoms with Crippen molar-refractivity contribution < 1.29 is 14.3 Å². The van der Waals surface area contributed by atoms with Crippen molar-refractivity contribution in [2.24, 2.45) is 5.41 Å². The highest BCUT2D eigenvalue weighted by molar-refractivity contribution is 6.37. The molecule has 1 aliphatic carbocycles. The van der Waals surface area contributed by atoms with E-state index in [0.717, 1.165) is 11.3 Å². The van der Waals surface area contributed by atoms with Gasteiger partial charge in [-0.3, -0.25) is 14.5 Å². The number of benzene rings is 2. The summed E-state index contributed by atoms with van der Waals surface area (Å²) < 4.78 is 5.36. The van der Waals surface area contributed by atoms with Gasteiger partial charge in [0, 0.05) is 35.1 Å². The van der Waals surface area contributed by atoms with Crippen LogP contribution in [0, 0.1) is 5.41 Å². The lowest BCUT2D eigenvalue weighted by Gasteiger charge is -2.43. The second kappa shape index (κ2) is 7.75. The molecule has 6 heteroatoms. The van der Waals surface area contributed by atoms with E-state index in [4.69, 9.17) is 27.9 Å². The van der Waals surface area contributed by atoms with Crippen LogP contribution in [0.4, 0.5) is 5.69 Å². The summed E-state index contributed by atoms with van der Waals surface area (Å²) in [4.78, 5) is 28.4. The summed E-state index contributed by atoms with van der Waals surface area (Å²) in [6.07, 6.45) is 1.25. The van der Waals surface area contributed by atoms with E-state index < -0.39 is 0 Å². The molecule has 0 spiro atoms. The molecular weight excluding hydrogens is 421 g/mol. The lowest BCUT2D eigenvalue weighted by molar-refractivity contribution is -0.121. The van der Waals surface area contributed by atoms with Crippen molar-refractivity contribution in [1.29, 1.82) is 0 Å². The molecular formula is C24H23Cl2NO3. The van der Waals surface area contributed by atoms with Gasteiger partial charge in [0.1, 0.15) is 5.75 Å². The van der Waals surface area contributed by atoms with Crippen LogP contribution in [0.15, 0.2) is 53.7 Å². The number of halogens is 2. The van der Waals surface area contributed by atoms with Crippen LogP contribution in [0.2, 0.25) is 10.0 Å². The number of ether oxygens (including phenoxy) is 1. The Kier molecular flexibility index (Phi) is 5.41. The summed E-state index contributed by atoms with van der Waals surface area (Å²) in [5, 5.41) is 0.884. The van der Waals surface area contributed by atoms with Gasteiger partial charge in [0.2, 0.25) is 5.91 Å². The minimum atomic E-state index is -0.298. The van der Waals surface area contributed by atoms with Crippen molar-refractivity contribution in [3.05, 3.63) is 69.3 Å². The quantitative estimate of drug-likeness (QED) is 0.569. The van der Waals surface area contributed by atoms with Crippen LogP contribution in [0.25, 0.3) is 0 Å². The third-order valence-corrected chi connectivity index (χ3v) is 6.33. The Morgan fingerprint density at radius 2 is 1.83 bits per heavy atom. The van der Waals surface area contributed by atoms with E-state index in [0.29, 0.717) is 39.9 Å². The Labute approximate surface area is 186 Å². The van der Waals surface area contributed by atoms with Gasteiger partial charge < -0.3 is 4.74 Å². The highest BCUT2D eigenvalue weighted by Gasteiger charge is 2.44. The lowest BCUT2D eigenvalue weighted by Crippen LogP contribution is -2.43. The predicted molar refractivity (Wildman–Crippen MR) is 119 cm³/mol. The maximum Gasteiger partial charge on any atom is 0.232 e. The van der Waals surface area contributed by atoms with Crippen LogP contribution in [-0.4, -0.2) is 18.8 Å². The molecule has 2 aromatic carbocycles. The van der Waals surface area contributed by atoms with Gasteiger partial charge in [0.15, 0.2) is 5.78 Å². The minimum absolute atomic E-state index is 0.0802. The molecule has 1 heterocycles. The lowest BCUT2D eigenvalue weighted by atomic mass is 9.69. The van der Waals surface area contributed by atoms with Gasteiger partial charge in [-0.25, -0.2) is 0 Å². The third-order valence-electron chi connectivity index (χ3n) is 5.79. The van der Waals surface area contributed by atoms with Crippen LogP contribution in [0.5, 0.6) is 5.75 Å². The van der Waals surface area contributed by atoms with Crippen molar-refractivity contribution >= 4 is 40.6 Å². The van der Waals surface area contributed by atoms with Crippen LogP contribution < -0.4 is 9.64 Å². The van der Waals surface area contributed by atoms with Gasteiger partial charge in [-0.05, 0) is 47.7 Å². The normalized spacial score (nSPS) is 21.0. The number of carbonyl (C=O) groups is 2. The second-order valence-electron chi connectivity index (χ2n) is 8.66. The smallest absolute Gasteiger partial charge is 0.232 e. The Morgan fingerprint density at radius 1 is 1.07 bits per heavy atom. The zero-order chi connectivity index (χ0) is 21.6. The molecule has 1 aliphatic heterocycles. The molecule has 0 aromatic heterocycles. The fourth-order valence-electron chi connectivity index (χ4n) is 4.50. The van der Waals surface area contributed by atoms with E-state index in [1.807, 2.05) is 24.3 Å². The molecule has 2 aliphatic rings. The molecule has 2 aromatic rings. The monoisotopic (exact) mass is 443 g/mol. The number of Topliss-reactive ketones (excluding diaryl/α,β-unsaturated/α-hetero) is 1. The maximum atomic E-state index is 13.4. The summed E-state index contributed by atoms with van der Waals surface area (Å²) in [6.45, 7) is 4.10. The molecule has 4 nitrogen and oxygen atoms in total. The van der Waals surface area contributed by atoms with Gasteiger partial charge in [-0.1, -0.05) is 49.2 Å². The Balaban J connectivity index is 1.91. The highest BCUT2D eigenvalue weighted by Crippen LogP contribution is 2.49. The SMILES string of the molecule is COc1cccc(C2CC(=O)N(c3ccc(Cl)cc3Cl)C3=C2C(=O)CC(C)(C)C3)c1. The van der Waals surface area contributed by atoms with Crippen LogP contribution in [0.3, 0.4) is 0 Å². The third kappa shape index (κ3) is 3.75. The van der Waals surface area contributed by atoms with E-state index in [1.54, 1.807) is 30.2 Å². The molecule has 0 radical (unpaired) electrons. The topological polar surface area (TPSA) is 46.6 Å². The van der Waals surface area contributed by atoms with E-state index in [9.17, 15) is 9.59 Å². The van der Waals surface area contributed by atoms with E-state index in [1.165, 1.54) is 0 Å². The molecule has 0 fully saturated rings. The number of hydrogen-bond acceptors (Lipinski definition) is 3. The molecule has 0 N–H and O–H groups in total. The molecule has 1 unspecified atom stereocenters. The van der Waals surface area contributed by atoms with Gasteiger partial charge in [-0.15, -0.1) is 0 Å². The molecule has 30 heavy (non-hydrogen) atoms. The molecule has 156 valence electrons. The zero-order valence-electron chi connectivity index (χ0n) is 17.2. The van der Waals surface area contributed by atoms with Gasteiger partial charge >= 0.3 is 0 Å². The number of ketones is 1. The predicted octanol–water partition coefficient (Wildman–Crippen LogP) is 6.17. The van der Waals surface area contributed by atoms with E-state index in [-0.39, 0.29) is 29.4 Å². The molecule has 1 atom stereocenters. The van der Waals surface area contributed by atoms with E-state index in [2.05, 4.69) is 13.8 Å². The van der Waals surface area contributed by atoms with Crippen molar-refractivity contribution in [3.63, 3.8) is 0 Å². The van der Waals surface area contributed by atoms with Crippen molar-refractivity contribution in [1.82, 2.24) is 0 Å². The maximum absolute atomic E-state index is 13.4. The number of hydrogen-bond donors (Lipinski definition) is 0. The first-order valence-electron chi connectivity index (χ1n) is 9.88. The highest BCUT2D eigenvalue weighted by atomic mass is 35.5. The number of methoxy groups -OCH3 is 1. The van der Waals surface area contributed by atoms with Gasteiger partial charge in [0.25, 0.3) is 0 Å². The number of amides is 1. The van der Waals surface area contributed by atoms with Crippen molar-refractivity contribution in [2.45, 2.75) is 39.0 Å². The van der Waals surface area contributed by atoms with Crippen molar-refractivity contribution in [2.75, 3.05) is 12.0 Å². The number of allylic oxidation sites excluding steroid dienone is 2. The summed E-state index contributed by atoms with van der Waals surface area (Å²) in [7, 11) is 1.61. The summed E-state index contributed by atoms with van der Waals surface area (Å²) in [6, 6.07) is 12.7.